The molecule has 5 heteroatoms. The molecular weight excluding hydrogens is 246 g/mol. The van der Waals surface area contributed by atoms with Gasteiger partial charge in [0.1, 0.15) is 14.9 Å². The van der Waals surface area contributed by atoms with E-state index in [4.69, 9.17) is 16.7 Å². The second-order valence-electron chi connectivity index (χ2n) is 3.94. The summed E-state index contributed by atoms with van der Waals surface area (Å²) in [5, 5.41) is 10.4. The fourth-order valence-corrected chi connectivity index (χ4v) is 3.00. The quantitative estimate of drug-likeness (QED) is 0.833. The second-order valence-corrected chi connectivity index (χ2v) is 5.36. The third-order valence-electron chi connectivity index (χ3n) is 2.73. The average molecular weight is 254 g/mol. The molecule has 82 valence electrons. The molecule has 2 aromatic heterocycles. The third kappa shape index (κ3) is 1.58. The van der Waals surface area contributed by atoms with E-state index in [-0.39, 0.29) is 0 Å². The Morgan fingerprint density at radius 3 is 2.88 bits per heavy atom. The van der Waals surface area contributed by atoms with Crippen LogP contribution in [0.15, 0.2) is 12.1 Å². The van der Waals surface area contributed by atoms with Crippen LogP contribution in [0.3, 0.4) is 0 Å². The predicted molar refractivity (Wildman–Crippen MR) is 63.6 cm³/mol. The number of hydrogen-bond acceptors (Lipinski definition) is 3. The van der Waals surface area contributed by atoms with Crippen LogP contribution in [-0.2, 0) is 0 Å². The van der Waals surface area contributed by atoms with E-state index in [1.165, 1.54) is 11.3 Å². The number of nitrogens with zero attached hydrogens (tertiary/aromatic N) is 1. The Bertz CT molecular complexity index is 589. The molecule has 0 unspecified atom stereocenters. The van der Waals surface area contributed by atoms with Gasteiger partial charge in [0.15, 0.2) is 0 Å². The second kappa shape index (κ2) is 3.43. The number of aromatic carboxylic acids is 1. The minimum Gasteiger partial charge on any atom is -0.477 e. The van der Waals surface area contributed by atoms with Crippen molar-refractivity contribution >= 4 is 39.1 Å². The summed E-state index contributed by atoms with van der Waals surface area (Å²) >= 11 is 7.12. The van der Waals surface area contributed by atoms with Crippen LogP contribution in [0.1, 0.15) is 34.0 Å². The van der Waals surface area contributed by atoms with E-state index < -0.39 is 5.97 Å². The van der Waals surface area contributed by atoms with Crippen molar-refractivity contribution < 1.29 is 9.90 Å². The summed E-state index contributed by atoms with van der Waals surface area (Å²) in [5.74, 6) is -0.361. The molecule has 0 spiro atoms. The summed E-state index contributed by atoms with van der Waals surface area (Å²) in [6.45, 7) is 0. The zero-order valence-electron chi connectivity index (χ0n) is 8.24. The van der Waals surface area contributed by atoms with Gasteiger partial charge < -0.3 is 5.11 Å². The highest BCUT2D eigenvalue weighted by molar-refractivity contribution is 7.20. The largest absolute Gasteiger partial charge is 0.477 e. The molecule has 1 N–H and O–H groups in total. The number of fused-ring (bicyclic) bond motifs is 1. The summed E-state index contributed by atoms with van der Waals surface area (Å²) in [4.78, 5) is 16.1. The molecule has 1 saturated carbocycles. The number of carboxylic acid groups (broad SMARTS) is 1. The van der Waals surface area contributed by atoms with E-state index in [9.17, 15) is 4.79 Å². The zero-order valence-corrected chi connectivity index (χ0v) is 9.81. The minimum absolute atomic E-state index is 0.326. The van der Waals surface area contributed by atoms with Crippen LogP contribution in [0.5, 0.6) is 0 Å². The van der Waals surface area contributed by atoms with Crippen LogP contribution < -0.4 is 0 Å². The first-order valence-electron chi connectivity index (χ1n) is 4.98. The first-order chi connectivity index (χ1) is 7.65. The molecule has 0 aliphatic heterocycles. The monoisotopic (exact) mass is 253 g/mol. The van der Waals surface area contributed by atoms with Gasteiger partial charge in [-0.3, -0.25) is 0 Å². The summed E-state index contributed by atoms with van der Waals surface area (Å²) in [6.07, 6.45) is 2.32. The number of carboxylic acids is 1. The van der Waals surface area contributed by atoms with E-state index >= 15 is 0 Å². The molecule has 0 saturated heterocycles. The van der Waals surface area contributed by atoms with Crippen molar-refractivity contribution in [1.29, 1.82) is 0 Å². The van der Waals surface area contributed by atoms with Crippen molar-refractivity contribution in [3.8, 4) is 0 Å². The molecule has 1 aliphatic rings. The lowest BCUT2D eigenvalue weighted by Gasteiger charge is -2.00. The molecular formula is C11H8ClNO2S. The molecule has 0 atom stereocenters. The van der Waals surface area contributed by atoms with Gasteiger partial charge in [-0.15, -0.1) is 11.3 Å². The van der Waals surface area contributed by atoms with Gasteiger partial charge >= 0.3 is 5.97 Å². The summed E-state index contributed by atoms with van der Waals surface area (Å²) in [6, 6.07) is 3.57. The van der Waals surface area contributed by atoms with Crippen LogP contribution in [0.25, 0.3) is 10.2 Å². The third-order valence-corrected chi connectivity index (χ3v) is 3.94. The zero-order chi connectivity index (χ0) is 11.3. The lowest BCUT2D eigenvalue weighted by atomic mass is 10.1. The smallest absolute Gasteiger partial charge is 0.345 e. The van der Waals surface area contributed by atoms with Crippen LogP contribution in [-0.4, -0.2) is 16.1 Å². The molecule has 1 aliphatic carbocycles. The molecule has 0 bridgehead atoms. The number of rotatable bonds is 2. The highest BCUT2D eigenvalue weighted by atomic mass is 35.5. The van der Waals surface area contributed by atoms with Crippen molar-refractivity contribution in [1.82, 2.24) is 4.98 Å². The molecule has 1 fully saturated rings. The van der Waals surface area contributed by atoms with Crippen molar-refractivity contribution in [2.24, 2.45) is 0 Å². The van der Waals surface area contributed by atoms with Gasteiger partial charge in [-0.25, -0.2) is 9.78 Å². The number of aromatic nitrogens is 1. The van der Waals surface area contributed by atoms with Crippen molar-refractivity contribution in [3.05, 3.63) is 27.7 Å². The maximum Gasteiger partial charge on any atom is 0.345 e. The Morgan fingerprint density at radius 1 is 1.50 bits per heavy atom. The SMILES string of the molecule is O=C(O)c1cc2c(C3CC3)cc(Cl)nc2s1. The van der Waals surface area contributed by atoms with Gasteiger partial charge in [0.05, 0.1) is 0 Å². The van der Waals surface area contributed by atoms with E-state index in [2.05, 4.69) is 4.98 Å². The molecule has 0 radical (unpaired) electrons. The maximum absolute atomic E-state index is 10.9. The van der Waals surface area contributed by atoms with E-state index in [0.29, 0.717) is 15.9 Å². The average Bonchev–Trinajstić information content (AvgIpc) is 2.96. The molecule has 0 amide bonds. The summed E-state index contributed by atoms with van der Waals surface area (Å²) in [5.41, 5.74) is 1.15. The molecule has 3 nitrogen and oxygen atoms in total. The fraction of sp³-hybridized carbons (Fsp3) is 0.273. The van der Waals surface area contributed by atoms with Gasteiger partial charge in [-0.05, 0) is 36.5 Å². The lowest BCUT2D eigenvalue weighted by molar-refractivity contribution is 0.0702. The van der Waals surface area contributed by atoms with E-state index in [1.54, 1.807) is 6.07 Å². The van der Waals surface area contributed by atoms with Crippen LogP contribution in [0, 0.1) is 0 Å². The standard InChI is InChI=1S/C11H8ClNO2S/c12-9-4-6(5-1-2-5)7-3-8(11(14)15)16-10(7)13-9/h3-5H,1-2H2,(H,14,15). The van der Waals surface area contributed by atoms with Gasteiger partial charge in [0.2, 0.25) is 0 Å². The lowest BCUT2D eigenvalue weighted by Crippen LogP contribution is -1.89. The predicted octanol–water partition coefficient (Wildman–Crippen LogP) is 3.53. The van der Waals surface area contributed by atoms with Gasteiger partial charge in [-0.1, -0.05) is 11.6 Å². The molecule has 3 rings (SSSR count). The van der Waals surface area contributed by atoms with Gasteiger partial charge in [0, 0.05) is 5.39 Å². The van der Waals surface area contributed by atoms with Crippen LogP contribution in [0.2, 0.25) is 5.15 Å². The number of thiophene rings is 1. The Balaban J connectivity index is 2.27. The van der Waals surface area contributed by atoms with Gasteiger partial charge in [0.25, 0.3) is 0 Å². The summed E-state index contributed by atoms with van der Waals surface area (Å²) in [7, 11) is 0. The Labute approximate surface area is 101 Å². The number of pyridine rings is 1. The first kappa shape index (κ1) is 10.1. The fourth-order valence-electron chi connectivity index (χ4n) is 1.84. The van der Waals surface area contributed by atoms with Crippen molar-refractivity contribution in [2.45, 2.75) is 18.8 Å². The Hall–Kier alpha value is -1.13. The molecule has 16 heavy (non-hydrogen) atoms. The molecule has 0 aromatic carbocycles. The first-order valence-corrected chi connectivity index (χ1v) is 6.18. The van der Waals surface area contributed by atoms with E-state index in [0.717, 1.165) is 28.6 Å². The highest BCUT2D eigenvalue weighted by Crippen LogP contribution is 2.44. The van der Waals surface area contributed by atoms with Crippen molar-refractivity contribution in [3.63, 3.8) is 0 Å². The van der Waals surface area contributed by atoms with Crippen LogP contribution >= 0.6 is 22.9 Å². The number of carbonyl (C=O) groups is 1. The van der Waals surface area contributed by atoms with Gasteiger partial charge in [-0.2, -0.15) is 0 Å². The normalized spacial score (nSPS) is 15.6. The Morgan fingerprint density at radius 2 is 2.25 bits per heavy atom. The number of hydrogen-bond donors (Lipinski definition) is 1. The van der Waals surface area contributed by atoms with Crippen molar-refractivity contribution in [2.75, 3.05) is 0 Å². The van der Waals surface area contributed by atoms with Crippen LogP contribution in [0.4, 0.5) is 0 Å². The topological polar surface area (TPSA) is 50.2 Å². The van der Waals surface area contributed by atoms with E-state index in [1.807, 2.05) is 6.07 Å². The minimum atomic E-state index is -0.902. The maximum atomic E-state index is 10.9. The molecule has 2 aromatic rings. The summed E-state index contributed by atoms with van der Waals surface area (Å²) < 4.78 is 0. The highest BCUT2D eigenvalue weighted by Gasteiger charge is 2.27. The molecule has 2 heterocycles. The Kier molecular flexibility index (Phi) is 2.16. The number of halogens is 1.